The van der Waals surface area contributed by atoms with Gasteiger partial charge in [-0.3, -0.25) is 9.59 Å². The second-order valence-corrected chi connectivity index (χ2v) is 5.67. The molecule has 2 amide bonds. The first-order chi connectivity index (χ1) is 12.4. The van der Waals surface area contributed by atoms with Crippen molar-refractivity contribution in [2.45, 2.75) is 20.0 Å². The lowest BCUT2D eigenvalue weighted by molar-refractivity contribution is -0.132. The molecule has 0 bridgehead atoms. The lowest BCUT2D eigenvalue weighted by Gasteiger charge is -2.11. The van der Waals surface area contributed by atoms with Crippen molar-refractivity contribution in [3.63, 3.8) is 0 Å². The highest BCUT2D eigenvalue weighted by Gasteiger charge is 2.15. The molecule has 0 saturated carbocycles. The monoisotopic (exact) mass is 358 g/mol. The van der Waals surface area contributed by atoms with Gasteiger partial charge in [-0.25, -0.2) is 0 Å². The third-order valence-electron chi connectivity index (χ3n) is 3.33. The van der Waals surface area contributed by atoms with E-state index in [-0.39, 0.29) is 6.10 Å². The van der Waals surface area contributed by atoms with Gasteiger partial charge in [0.25, 0.3) is 0 Å². The van der Waals surface area contributed by atoms with Crippen LogP contribution in [0, 0.1) is 0 Å². The average Bonchev–Trinajstić information content (AvgIpc) is 2.62. The predicted molar refractivity (Wildman–Crippen MR) is 99.0 cm³/mol. The minimum absolute atomic E-state index is 0.0581. The van der Waals surface area contributed by atoms with Crippen LogP contribution in [0.2, 0.25) is 0 Å². The van der Waals surface area contributed by atoms with Crippen LogP contribution in [0.1, 0.15) is 13.8 Å². The zero-order chi connectivity index (χ0) is 19.1. The maximum atomic E-state index is 12.1. The number of anilines is 2. The van der Waals surface area contributed by atoms with Crippen LogP contribution in [0.5, 0.6) is 17.2 Å². The van der Waals surface area contributed by atoms with Gasteiger partial charge >= 0.3 is 11.8 Å². The number of hydrogen-bond donors (Lipinski definition) is 2. The van der Waals surface area contributed by atoms with E-state index in [1.165, 1.54) is 14.2 Å². The zero-order valence-corrected chi connectivity index (χ0v) is 15.2. The lowest BCUT2D eigenvalue weighted by atomic mass is 10.2. The van der Waals surface area contributed by atoms with Gasteiger partial charge in [-0.15, -0.1) is 0 Å². The number of methoxy groups -OCH3 is 2. The highest BCUT2D eigenvalue weighted by Crippen LogP contribution is 2.29. The Hall–Kier alpha value is -3.22. The van der Waals surface area contributed by atoms with E-state index in [4.69, 9.17) is 14.2 Å². The van der Waals surface area contributed by atoms with Crippen molar-refractivity contribution in [3.05, 3.63) is 42.5 Å². The first-order valence-electron chi connectivity index (χ1n) is 8.04. The van der Waals surface area contributed by atoms with E-state index < -0.39 is 11.8 Å². The van der Waals surface area contributed by atoms with Crippen LogP contribution in [-0.4, -0.2) is 32.1 Å². The molecule has 138 valence electrons. The van der Waals surface area contributed by atoms with E-state index in [9.17, 15) is 9.59 Å². The molecule has 0 saturated heterocycles. The van der Waals surface area contributed by atoms with Gasteiger partial charge in [0.2, 0.25) is 0 Å². The smallest absolute Gasteiger partial charge is 0.314 e. The molecule has 2 aromatic carbocycles. The maximum absolute atomic E-state index is 12.1. The van der Waals surface area contributed by atoms with Gasteiger partial charge in [0.05, 0.1) is 20.3 Å². The molecular formula is C19H22N2O5. The molecule has 0 atom stereocenters. The van der Waals surface area contributed by atoms with Crippen molar-refractivity contribution in [1.29, 1.82) is 0 Å². The van der Waals surface area contributed by atoms with Gasteiger partial charge in [-0.05, 0) is 50.2 Å². The summed E-state index contributed by atoms with van der Waals surface area (Å²) in [5.74, 6) is 0.0925. The predicted octanol–water partition coefficient (Wildman–Crippen LogP) is 3.07. The maximum Gasteiger partial charge on any atom is 0.314 e. The van der Waals surface area contributed by atoms with Crippen molar-refractivity contribution in [2.75, 3.05) is 24.9 Å². The Balaban J connectivity index is 1.98. The molecule has 0 spiro atoms. The summed E-state index contributed by atoms with van der Waals surface area (Å²) in [6.07, 6.45) is 0.0581. The largest absolute Gasteiger partial charge is 0.493 e. The van der Waals surface area contributed by atoms with Crippen molar-refractivity contribution in [2.24, 2.45) is 0 Å². The lowest BCUT2D eigenvalue weighted by Crippen LogP contribution is -2.29. The summed E-state index contributed by atoms with van der Waals surface area (Å²) in [6.45, 7) is 3.85. The number of carbonyl (C=O) groups excluding carboxylic acids is 2. The van der Waals surface area contributed by atoms with Crippen molar-refractivity contribution in [3.8, 4) is 17.2 Å². The third kappa shape index (κ3) is 5.14. The molecule has 26 heavy (non-hydrogen) atoms. The first-order valence-corrected chi connectivity index (χ1v) is 8.04. The molecule has 0 radical (unpaired) electrons. The summed E-state index contributed by atoms with van der Waals surface area (Å²) in [4.78, 5) is 24.1. The minimum Gasteiger partial charge on any atom is -0.493 e. The Morgan fingerprint density at radius 3 is 1.88 bits per heavy atom. The second-order valence-electron chi connectivity index (χ2n) is 5.67. The van der Waals surface area contributed by atoms with E-state index >= 15 is 0 Å². The molecule has 0 unspecified atom stereocenters. The molecule has 2 N–H and O–H groups in total. The Morgan fingerprint density at radius 2 is 1.35 bits per heavy atom. The number of hydrogen-bond acceptors (Lipinski definition) is 5. The molecule has 7 nitrogen and oxygen atoms in total. The van der Waals surface area contributed by atoms with Crippen molar-refractivity contribution in [1.82, 2.24) is 0 Å². The molecule has 0 aliphatic rings. The topological polar surface area (TPSA) is 85.9 Å². The van der Waals surface area contributed by atoms with Crippen LogP contribution >= 0.6 is 0 Å². The zero-order valence-electron chi connectivity index (χ0n) is 15.2. The van der Waals surface area contributed by atoms with E-state index in [0.717, 1.165) is 0 Å². The Morgan fingerprint density at radius 1 is 0.808 bits per heavy atom. The first kappa shape index (κ1) is 19.1. The Labute approximate surface area is 152 Å². The number of ether oxygens (including phenoxy) is 3. The molecule has 0 heterocycles. The van der Waals surface area contributed by atoms with Crippen LogP contribution in [0.25, 0.3) is 0 Å². The van der Waals surface area contributed by atoms with E-state index in [1.807, 2.05) is 13.8 Å². The van der Waals surface area contributed by atoms with Gasteiger partial charge in [0.1, 0.15) is 5.75 Å². The minimum atomic E-state index is -0.792. The van der Waals surface area contributed by atoms with Crippen LogP contribution in [0.15, 0.2) is 42.5 Å². The number of amides is 2. The fourth-order valence-corrected chi connectivity index (χ4v) is 2.18. The summed E-state index contributed by atoms with van der Waals surface area (Å²) >= 11 is 0. The third-order valence-corrected chi connectivity index (χ3v) is 3.33. The highest BCUT2D eigenvalue weighted by molar-refractivity contribution is 6.43. The van der Waals surface area contributed by atoms with Gasteiger partial charge < -0.3 is 24.8 Å². The highest BCUT2D eigenvalue weighted by atomic mass is 16.5. The molecule has 0 aliphatic carbocycles. The average molecular weight is 358 g/mol. The van der Waals surface area contributed by atoms with Crippen LogP contribution in [-0.2, 0) is 9.59 Å². The molecule has 0 fully saturated rings. The van der Waals surface area contributed by atoms with Gasteiger partial charge in [-0.1, -0.05) is 0 Å². The molecule has 0 aliphatic heterocycles. The molecule has 0 aromatic heterocycles. The number of nitrogens with one attached hydrogen (secondary N) is 2. The quantitative estimate of drug-likeness (QED) is 0.775. The summed E-state index contributed by atoms with van der Waals surface area (Å²) in [5.41, 5.74) is 0.914. The second kappa shape index (κ2) is 8.75. The van der Waals surface area contributed by atoms with Crippen molar-refractivity contribution >= 4 is 23.2 Å². The van der Waals surface area contributed by atoms with Gasteiger partial charge in [-0.2, -0.15) is 0 Å². The summed E-state index contributed by atoms with van der Waals surface area (Å²) in [7, 11) is 3.00. The number of carbonyl (C=O) groups is 2. The summed E-state index contributed by atoms with van der Waals surface area (Å²) in [5, 5.41) is 5.05. The Bertz CT molecular complexity index is 772. The fourth-order valence-electron chi connectivity index (χ4n) is 2.18. The van der Waals surface area contributed by atoms with Crippen LogP contribution in [0.3, 0.4) is 0 Å². The number of benzene rings is 2. The van der Waals surface area contributed by atoms with E-state index in [0.29, 0.717) is 28.6 Å². The Kier molecular flexibility index (Phi) is 6.43. The van der Waals surface area contributed by atoms with Gasteiger partial charge in [0, 0.05) is 17.4 Å². The normalized spacial score (nSPS) is 10.2. The molecule has 2 aromatic rings. The number of rotatable bonds is 6. The molecule has 7 heteroatoms. The van der Waals surface area contributed by atoms with E-state index in [2.05, 4.69) is 10.6 Å². The summed E-state index contributed by atoms with van der Waals surface area (Å²) in [6, 6.07) is 11.6. The van der Waals surface area contributed by atoms with Gasteiger partial charge in [0.15, 0.2) is 11.5 Å². The fraction of sp³-hybridized carbons (Fsp3) is 0.263. The van der Waals surface area contributed by atoms with Crippen LogP contribution < -0.4 is 24.8 Å². The summed E-state index contributed by atoms with van der Waals surface area (Å²) < 4.78 is 15.8. The van der Waals surface area contributed by atoms with Crippen molar-refractivity contribution < 1.29 is 23.8 Å². The molecule has 2 rings (SSSR count). The van der Waals surface area contributed by atoms with Crippen LogP contribution in [0.4, 0.5) is 11.4 Å². The van der Waals surface area contributed by atoms with E-state index in [1.54, 1.807) is 42.5 Å². The standard InChI is InChI=1S/C19H22N2O5/c1-12(2)26-15-8-5-13(6-9-15)20-18(22)19(23)21-14-7-10-16(24-3)17(11-14)25-4/h5-12H,1-4H3,(H,20,22)(H,21,23). The SMILES string of the molecule is COc1ccc(NC(=O)C(=O)Nc2ccc(OC(C)C)cc2)cc1OC. The molecular weight excluding hydrogens is 336 g/mol.